The zero-order valence-corrected chi connectivity index (χ0v) is 13.3. The van der Waals surface area contributed by atoms with Gasteiger partial charge in [-0.05, 0) is 19.1 Å². The summed E-state index contributed by atoms with van der Waals surface area (Å²) < 4.78 is 31.7. The van der Waals surface area contributed by atoms with Crippen LogP contribution in [0.5, 0.6) is 0 Å². The number of nitrogens with one attached hydrogen (secondary N) is 1. The molecule has 9 heteroatoms. The van der Waals surface area contributed by atoms with Crippen molar-refractivity contribution >= 4 is 38.8 Å². The fraction of sp³-hybridized carbons (Fsp3) is 0.167. The molecular formula is C12H12ClN3O3S2. The molecule has 1 aromatic heterocycles. The third-order valence-electron chi connectivity index (χ3n) is 2.63. The third-order valence-corrected chi connectivity index (χ3v) is 4.75. The van der Waals surface area contributed by atoms with Crippen LogP contribution in [0.1, 0.15) is 17.0 Å². The molecule has 0 unspecified atom stereocenters. The van der Waals surface area contributed by atoms with E-state index in [1.165, 1.54) is 18.2 Å². The lowest BCUT2D eigenvalue weighted by molar-refractivity contribution is 0.390. The summed E-state index contributed by atoms with van der Waals surface area (Å²) in [6.07, 6.45) is 0. The molecule has 0 aliphatic rings. The van der Waals surface area contributed by atoms with Gasteiger partial charge in [0.05, 0.1) is 17.3 Å². The van der Waals surface area contributed by atoms with Gasteiger partial charge in [-0.15, -0.1) is 0 Å². The Balaban J connectivity index is 2.21. The van der Waals surface area contributed by atoms with E-state index in [1.54, 1.807) is 13.0 Å². The molecule has 0 atom stereocenters. The van der Waals surface area contributed by atoms with Gasteiger partial charge in [0.1, 0.15) is 15.6 Å². The monoisotopic (exact) mass is 345 g/mol. The molecule has 112 valence electrons. The molecule has 0 spiro atoms. The maximum absolute atomic E-state index is 12.2. The number of nitrogens with two attached hydrogens (primary N) is 1. The molecule has 21 heavy (non-hydrogen) atoms. The van der Waals surface area contributed by atoms with E-state index in [2.05, 4.69) is 9.88 Å². The van der Waals surface area contributed by atoms with E-state index in [9.17, 15) is 8.42 Å². The molecule has 1 heterocycles. The molecule has 0 saturated heterocycles. The van der Waals surface area contributed by atoms with Crippen LogP contribution in [-0.2, 0) is 16.6 Å². The van der Waals surface area contributed by atoms with Gasteiger partial charge in [-0.3, -0.25) is 0 Å². The molecule has 0 aliphatic heterocycles. The minimum Gasteiger partial charge on any atom is -0.389 e. The summed E-state index contributed by atoms with van der Waals surface area (Å²) >= 11 is 10.8. The Morgan fingerprint density at radius 3 is 2.71 bits per heavy atom. The first-order valence-electron chi connectivity index (χ1n) is 5.81. The molecule has 0 radical (unpaired) electrons. The van der Waals surface area contributed by atoms with Gasteiger partial charge in [-0.25, -0.2) is 13.1 Å². The number of aryl methyl sites for hydroxylation is 1. The zero-order chi connectivity index (χ0) is 15.6. The van der Waals surface area contributed by atoms with E-state index >= 15 is 0 Å². The van der Waals surface area contributed by atoms with Crippen molar-refractivity contribution in [2.24, 2.45) is 5.73 Å². The Hall–Kier alpha value is -1.48. The number of rotatable bonds is 5. The zero-order valence-electron chi connectivity index (χ0n) is 11.0. The molecular weight excluding hydrogens is 334 g/mol. The number of hydrogen-bond acceptors (Lipinski definition) is 5. The van der Waals surface area contributed by atoms with Gasteiger partial charge in [0, 0.05) is 11.6 Å². The first-order valence-corrected chi connectivity index (χ1v) is 8.08. The molecule has 2 aromatic rings. The molecule has 0 amide bonds. The van der Waals surface area contributed by atoms with Crippen molar-refractivity contribution in [1.29, 1.82) is 0 Å². The normalized spacial score (nSPS) is 11.5. The molecule has 0 saturated carbocycles. The molecule has 6 nitrogen and oxygen atoms in total. The Morgan fingerprint density at radius 1 is 1.48 bits per heavy atom. The van der Waals surface area contributed by atoms with Crippen LogP contribution in [0.4, 0.5) is 0 Å². The van der Waals surface area contributed by atoms with Crippen molar-refractivity contribution in [2.45, 2.75) is 18.4 Å². The van der Waals surface area contributed by atoms with E-state index in [1.807, 2.05) is 0 Å². The highest BCUT2D eigenvalue weighted by molar-refractivity contribution is 7.89. The number of benzene rings is 1. The second kappa shape index (κ2) is 6.10. The van der Waals surface area contributed by atoms with E-state index in [0.717, 1.165) is 0 Å². The number of aromatic nitrogens is 1. The first kappa shape index (κ1) is 15.9. The molecule has 0 fully saturated rings. The van der Waals surface area contributed by atoms with Crippen molar-refractivity contribution in [3.05, 3.63) is 46.3 Å². The van der Waals surface area contributed by atoms with Crippen LogP contribution >= 0.6 is 23.8 Å². The topological polar surface area (TPSA) is 98.2 Å². The first-order chi connectivity index (χ1) is 9.79. The number of thiocarbonyl (C=S) groups is 1. The standard InChI is InChI=1S/C12H12ClN3O3S2/c1-7-4-9(16-19-7)6-15-21(17,18)11-3-2-8(12(14)20)5-10(11)13/h2-5,15H,6H2,1H3,(H2,14,20). The van der Waals surface area contributed by atoms with E-state index in [0.29, 0.717) is 17.0 Å². The quantitative estimate of drug-likeness (QED) is 0.801. The smallest absolute Gasteiger partial charge is 0.242 e. The Morgan fingerprint density at radius 2 is 2.19 bits per heavy atom. The van der Waals surface area contributed by atoms with Gasteiger partial charge in [0.15, 0.2) is 0 Å². The minimum absolute atomic E-state index is 0.00700. The van der Waals surface area contributed by atoms with Crippen LogP contribution in [0.3, 0.4) is 0 Å². The number of halogens is 1. The summed E-state index contributed by atoms with van der Waals surface area (Å²) in [6.45, 7) is 1.73. The maximum atomic E-state index is 12.2. The van der Waals surface area contributed by atoms with E-state index in [-0.39, 0.29) is 21.5 Å². The van der Waals surface area contributed by atoms with E-state index < -0.39 is 10.0 Å². The predicted molar refractivity (Wildman–Crippen MR) is 82.6 cm³/mol. The number of hydrogen-bond donors (Lipinski definition) is 2. The molecule has 0 aliphatic carbocycles. The second-order valence-electron chi connectivity index (χ2n) is 4.26. The Bertz CT molecular complexity index is 787. The van der Waals surface area contributed by atoms with Crippen molar-refractivity contribution in [1.82, 2.24) is 9.88 Å². The van der Waals surface area contributed by atoms with Gasteiger partial charge in [0.2, 0.25) is 10.0 Å². The fourth-order valence-corrected chi connectivity index (χ4v) is 3.29. The summed E-state index contributed by atoms with van der Waals surface area (Å²) in [5.74, 6) is 0.600. The summed E-state index contributed by atoms with van der Waals surface area (Å²) in [5, 5.41) is 3.75. The Labute approximate surface area is 132 Å². The third kappa shape index (κ3) is 3.79. The SMILES string of the molecule is Cc1cc(CNS(=O)(=O)c2ccc(C(N)=S)cc2Cl)no1. The lowest BCUT2D eigenvalue weighted by atomic mass is 10.2. The van der Waals surface area contributed by atoms with Crippen LogP contribution in [-0.4, -0.2) is 18.6 Å². The van der Waals surface area contributed by atoms with Crippen molar-refractivity contribution in [3.63, 3.8) is 0 Å². The highest BCUT2D eigenvalue weighted by Gasteiger charge is 2.19. The maximum Gasteiger partial charge on any atom is 0.242 e. The highest BCUT2D eigenvalue weighted by atomic mass is 35.5. The van der Waals surface area contributed by atoms with Gasteiger partial charge in [-0.2, -0.15) is 0 Å². The lowest BCUT2D eigenvalue weighted by Crippen LogP contribution is -2.24. The molecule has 1 aromatic carbocycles. The number of sulfonamides is 1. The van der Waals surface area contributed by atoms with Crippen molar-refractivity contribution in [3.8, 4) is 0 Å². The van der Waals surface area contributed by atoms with Crippen LogP contribution in [0.2, 0.25) is 5.02 Å². The van der Waals surface area contributed by atoms with Crippen molar-refractivity contribution < 1.29 is 12.9 Å². The average Bonchev–Trinajstić information content (AvgIpc) is 2.82. The summed E-state index contributed by atoms with van der Waals surface area (Å²) in [7, 11) is -3.77. The van der Waals surface area contributed by atoms with Crippen LogP contribution in [0, 0.1) is 6.92 Å². The molecule has 0 bridgehead atoms. The minimum atomic E-state index is -3.77. The van der Waals surface area contributed by atoms with Crippen molar-refractivity contribution in [2.75, 3.05) is 0 Å². The summed E-state index contributed by atoms with van der Waals surface area (Å²) in [4.78, 5) is 0.0938. The van der Waals surface area contributed by atoms with Gasteiger partial charge >= 0.3 is 0 Å². The molecule has 3 N–H and O–H groups in total. The second-order valence-corrected chi connectivity index (χ2v) is 6.85. The Kier molecular flexibility index (Phi) is 4.62. The van der Waals surface area contributed by atoms with Crippen LogP contribution < -0.4 is 10.5 Å². The summed E-state index contributed by atoms with van der Waals surface area (Å²) in [5.41, 5.74) is 6.45. The van der Waals surface area contributed by atoms with E-state index in [4.69, 9.17) is 34.1 Å². The number of nitrogens with zero attached hydrogens (tertiary/aromatic N) is 1. The van der Waals surface area contributed by atoms with Gasteiger partial charge in [0.25, 0.3) is 0 Å². The average molecular weight is 346 g/mol. The predicted octanol–water partition coefficient (Wildman–Crippen LogP) is 1.75. The van der Waals surface area contributed by atoms with Gasteiger partial charge in [-0.1, -0.05) is 35.0 Å². The van der Waals surface area contributed by atoms with Crippen LogP contribution in [0.25, 0.3) is 0 Å². The summed E-state index contributed by atoms with van der Waals surface area (Å²) in [6, 6.07) is 5.91. The highest BCUT2D eigenvalue weighted by Crippen LogP contribution is 2.22. The van der Waals surface area contributed by atoms with Gasteiger partial charge < -0.3 is 10.3 Å². The van der Waals surface area contributed by atoms with Crippen LogP contribution in [0.15, 0.2) is 33.7 Å². The molecule has 2 rings (SSSR count). The fourth-order valence-electron chi connectivity index (χ4n) is 1.62. The largest absolute Gasteiger partial charge is 0.389 e. The lowest BCUT2D eigenvalue weighted by Gasteiger charge is -2.08.